The maximum atomic E-state index is 5.53. The van der Waals surface area contributed by atoms with E-state index < -0.39 is 0 Å². The number of nitrogens with zero attached hydrogens (tertiary/aromatic N) is 5. The van der Waals surface area contributed by atoms with Crippen LogP contribution in [0.25, 0.3) is 11.4 Å². The van der Waals surface area contributed by atoms with Crippen LogP contribution in [0.4, 0.5) is 0 Å². The van der Waals surface area contributed by atoms with Crippen molar-refractivity contribution in [2.24, 2.45) is 0 Å². The van der Waals surface area contributed by atoms with Crippen molar-refractivity contribution in [1.82, 2.24) is 24.9 Å². The fraction of sp³-hybridized carbons (Fsp3) is 0.304. The molecule has 1 aliphatic rings. The second kappa shape index (κ2) is 8.96. The van der Waals surface area contributed by atoms with Gasteiger partial charge in [0.2, 0.25) is 5.89 Å². The van der Waals surface area contributed by atoms with Gasteiger partial charge in [-0.05, 0) is 43.9 Å². The quantitative estimate of drug-likeness (QED) is 0.276. The van der Waals surface area contributed by atoms with Gasteiger partial charge in [0.1, 0.15) is 0 Å². The molecule has 1 atom stereocenters. The molecule has 6 nitrogen and oxygen atoms in total. The number of halogens is 1. The first-order chi connectivity index (χ1) is 15.2. The number of rotatable bonds is 8. The number of thioether (sulfide) groups is 1. The van der Waals surface area contributed by atoms with Crippen LogP contribution in [0.5, 0.6) is 0 Å². The molecule has 0 radical (unpaired) electrons. The molecule has 1 aliphatic carbocycles. The minimum Gasteiger partial charge on any atom is -0.338 e. The van der Waals surface area contributed by atoms with Crippen molar-refractivity contribution in [1.29, 1.82) is 0 Å². The molecule has 2 heterocycles. The van der Waals surface area contributed by atoms with Crippen molar-refractivity contribution in [3.05, 3.63) is 76.3 Å². The second-order valence-corrected chi connectivity index (χ2v) is 9.95. The third kappa shape index (κ3) is 4.75. The zero-order valence-corrected chi connectivity index (χ0v) is 19.5. The van der Waals surface area contributed by atoms with E-state index in [2.05, 4.69) is 84.2 Å². The first-order valence-corrected chi connectivity index (χ1v) is 12.1. The highest BCUT2D eigenvalue weighted by molar-refractivity contribution is 9.10. The average molecular weight is 496 g/mol. The van der Waals surface area contributed by atoms with Crippen LogP contribution in [0.3, 0.4) is 0 Å². The summed E-state index contributed by atoms with van der Waals surface area (Å²) in [6, 6.07) is 18.7. The van der Waals surface area contributed by atoms with E-state index >= 15 is 0 Å². The maximum absolute atomic E-state index is 5.53. The number of hydrogen-bond acceptors (Lipinski definition) is 6. The number of aromatic nitrogens is 5. The molecule has 5 rings (SSSR count). The smallest absolute Gasteiger partial charge is 0.239 e. The van der Waals surface area contributed by atoms with E-state index in [0.717, 1.165) is 52.6 Å². The maximum Gasteiger partial charge on any atom is 0.239 e. The van der Waals surface area contributed by atoms with Crippen LogP contribution in [-0.4, -0.2) is 24.9 Å². The molecule has 2 aromatic carbocycles. The molecule has 4 aromatic rings. The van der Waals surface area contributed by atoms with Crippen molar-refractivity contribution in [2.45, 2.75) is 49.1 Å². The first-order valence-electron chi connectivity index (χ1n) is 10.4. The summed E-state index contributed by atoms with van der Waals surface area (Å²) in [4.78, 5) is 4.60. The Kier molecular flexibility index (Phi) is 5.91. The van der Waals surface area contributed by atoms with Crippen molar-refractivity contribution >= 4 is 27.7 Å². The van der Waals surface area contributed by atoms with Crippen LogP contribution in [0, 0.1) is 0 Å². The van der Waals surface area contributed by atoms with Gasteiger partial charge >= 0.3 is 0 Å². The van der Waals surface area contributed by atoms with Crippen molar-refractivity contribution < 1.29 is 4.52 Å². The number of hydrogen-bond donors (Lipinski definition) is 0. The predicted octanol–water partition coefficient (Wildman–Crippen LogP) is 6.06. The standard InChI is InChI=1S/C23H22BrN5OS/c1-15(22-25-20(28-30-22)17-7-8-17)31-23-27-26-21(18-9-11-19(24)12-10-18)29(23)14-13-16-5-3-2-4-6-16/h2-6,9-12,15,17H,7-8,13-14H2,1H3/t15-/m1/s1. The van der Waals surface area contributed by atoms with E-state index in [0.29, 0.717) is 11.8 Å². The number of aryl methyl sites for hydroxylation is 1. The Morgan fingerprint density at radius 3 is 2.61 bits per heavy atom. The highest BCUT2D eigenvalue weighted by Gasteiger charge is 2.30. The van der Waals surface area contributed by atoms with E-state index in [4.69, 9.17) is 4.52 Å². The first kappa shape index (κ1) is 20.5. The molecule has 1 saturated carbocycles. The Morgan fingerprint density at radius 1 is 1.10 bits per heavy atom. The summed E-state index contributed by atoms with van der Waals surface area (Å²) < 4.78 is 8.76. The molecule has 31 heavy (non-hydrogen) atoms. The van der Waals surface area contributed by atoms with Crippen LogP contribution >= 0.6 is 27.7 Å². The van der Waals surface area contributed by atoms with Gasteiger partial charge in [0, 0.05) is 22.5 Å². The van der Waals surface area contributed by atoms with Crippen molar-refractivity contribution in [3.63, 3.8) is 0 Å². The Balaban J connectivity index is 1.41. The molecule has 0 amide bonds. The summed E-state index contributed by atoms with van der Waals surface area (Å²) in [7, 11) is 0. The zero-order chi connectivity index (χ0) is 21.2. The molecular formula is C23H22BrN5OS. The third-order valence-electron chi connectivity index (χ3n) is 5.32. The van der Waals surface area contributed by atoms with Crippen LogP contribution in [0.15, 0.2) is 68.7 Å². The normalized spacial score (nSPS) is 14.6. The lowest BCUT2D eigenvalue weighted by molar-refractivity contribution is 0.374. The number of benzene rings is 2. The van der Waals surface area contributed by atoms with Gasteiger partial charge in [0.05, 0.1) is 5.25 Å². The zero-order valence-electron chi connectivity index (χ0n) is 17.1. The summed E-state index contributed by atoms with van der Waals surface area (Å²) in [6.07, 6.45) is 3.21. The molecule has 0 spiro atoms. The fourth-order valence-electron chi connectivity index (χ4n) is 3.40. The van der Waals surface area contributed by atoms with Crippen molar-refractivity contribution in [3.8, 4) is 11.4 Å². The third-order valence-corrected chi connectivity index (χ3v) is 6.91. The van der Waals surface area contributed by atoms with Crippen LogP contribution < -0.4 is 0 Å². The van der Waals surface area contributed by atoms with Gasteiger partial charge in [-0.3, -0.25) is 0 Å². The molecule has 8 heteroatoms. The molecule has 0 unspecified atom stereocenters. The summed E-state index contributed by atoms with van der Waals surface area (Å²) >= 11 is 5.11. The highest BCUT2D eigenvalue weighted by atomic mass is 79.9. The summed E-state index contributed by atoms with van der Waals surface area (Å²) in [5.74, 6) is 2.83. The summed E-state index contributed by atoms with van der Waals surface area (Å²) in [5, 5.41) is 14.1. The SMILES string of the molecule is C[C@@H](Sc1nnc(-c2ccc(Br)cc2)n1CCc1ccccc1)c1nc(C2CC2)no1. The van der Waals surface area contributed by atoms with Gasteiger partial charge < -0.3 is 9.09 Å². The fourth-order valence-corrected chi connectivity index (χ4v) is 4.57. The molecule has 0 saturated heterocycles. The molecule has 2 aromatic heterocycles. The summed E-state index contributed by atoms with van der Waals surface area (Å²) in [5.41, 5.74) is 2.32. The average Bonchev–Trinajstić information content (AvgIpc) is 3.38. The Bertz CT molecular complexity index is 1150. The van der Waals surface area contributed by atoms with Crippen LogP contribution in [-0.2, 0) is 13.0 Å². The van der Waals surface area contributed by atoms with Gasteiger partial charge in [-0.1, -0.05) is 75.3 Å². The van der Waals surface area contributed by atoms with Gasteiger partial charge in [0.15, 0.2) is 16.8 Å². The monoisotopic (exact) mass is 495 g/mol. The second-order valence-electron chi connectivity index (χ2n) is 7.73. The van der Waals surface area contributed by atoms with E-state index in [1.165, 1.54) is 5.56 Å². The van der Waals surface area contributed by atoms with Crippen LogP contribution in [0.1, 0.15) is 48.2 Å². The molecular weight excluding hydrogens is 474 g/mol. The van der Waals surface area contributed by atoms with Gasteiger partial charge in [-0.15, -0.1) is 10.2 Å². The lowest BCUT2D eigenvalue weighted by Gasteiger charge is -2.12. The van der Waals surface area contributed by atoms with E-state index in [1.807, 2.05) is 18.2 Å². The Labute approximate surface area is 193 Å². The molecule has 1 fully saturated rings. The lowest BCUT2D eigenvalue weighted by Crippen LogP contribution is -2.06. The minimum atomic E-state index is -0.00237. The molecule has 0 bridgehead atoms. The largest absolute Gasteiger partial charge is 0.338 e. The molecule has 0 aliphatic heterocycles. The van der Waals surface area contributed by atoms with Crippen LogP contribution in [0.2, 0.25) is 0 Å². The highest BCUT2D eigenvalue weighted by Crippen LogP contribution is 2.40. The van der Waals surface area contributed by atoms with Gasteiger partial charge in [-0.25, -0.2) is 0 Å². The van der Waals surface area contributed by atoms with Gasteiger partial charge in [-0.2, -0.15) is 4.98 Å². The van der Waals surface area contributed by atoms with E-state index in [-0.39, 0.29) is 5.25 Å². The minimum absolute atomic E-state index is 0.00237. The topological polar surface area (TPSA) is 69.6 Å². The summed E-state index contributed by atoms with van der Waals surface area (Å²) in [6.45, 7) is 2.86. The Hall–Kier alpha value is -2.45. The predicted molar refractivity (Wildman–Crippen MR) is 124 cm³/mol. The Morgan fingerprint density at radius 2 is 1.87 bits per heavy atom. The van der Waals surface area contributed by atoms with E-state index in [1.54, 1.807) is 11.8 Å². The van der Waals surface area contributed by atoms with Gasteiger partial charge in [0.25, 0.3) is 0 Å². The molecule has 0 N–H and O–H groups in total. The molecule has 158 valence electrons. The lowest BCUT2D eigenvalue weighted by atomic mass is 10.1. The van der Waals surface area contributed by atoms with Crippen molar-refractivity contribution in [2.75, 3.05) is 0 Å². The van der Waals surface area contributed by atoms with E-state index in [9.17, 15) is 0 Å².